The molecule has 11 heavy (non-hydrogen) atoms. The van der Waals surface area contributed by atoms with Gasteiger partial charge in [-0.1, -0.05) is 6.92 Å². The monoisotopic (exact) mass is 158 g/mol. The normalized spacial score (nSPS) is 15.2. The van der Waals surface area contributed by atoms with Crippen LogP contribution in [0.4, 0.5) is 0 Å². The van der Waals surface area contributed by atoms with Crippen molar-refractivity contribution < 1.29 is 14.3 Å². The Morgan fingerprint density at radius 1 is 1.55 bits per heavy atom. The van der Waals surface area contributed by atoms with E-state index in [1.165, 1.54) is 0 Å². The third kappa shape index (κ3) is 2.33. The Morgan fingerprint density at radius 3 is 2.36 bits per heavy atom. The topological polar surface area (TPSA) is 43.4 Å². The van der Waals surface area contributed by atoms with Gasteiger partial charge in [0.25, 0.3) is 0 Å². The predicted octanol–water partition coefficient (Wildman–Crippen LogP) is 1.16. The summed E-state index contributed by atoms with van der Waals surface area (Å²) < 4.78 is 4.72. The molecule has 0 heterocycles. The second-order valence-electron chi connectivity index (χ2n) is 2.61. The molecule has 0 amide bonds. The summed E-state index contributed by atoms with van der Waals surface area (Å²) >= 11 is 0. The van der Waals surface area contributed by atoms with Gasteiger partial charge in [0.1, 0.15) is 11.7 Å². The van der Waals surface area contributed by atoms with E-state index < -0.39 is 11.4 Å². The molecule has 0 rings (SSSR count). The van der Waals surface area contributed by atoms with Crippen LogP contribution >= 0.6 is 0 Å². The molecule has 0 aliphatic rings. The van der Waals surface area contributed by atoms with Crippen molar-refractivity contribution in [2.75, 3.05) is 6.61 Å². The van der Waals surface area contributed by atoms with Crippen LogP contribution in [0.3, 0.4) is 0 Å². The Balaban J connectivity index is 4.24. The summed E-state index contributed by atoms with van der Waals surface area (Å²) in [6.45, 7) is 5.41. The van der Waals surface area contributed by atoms with E-state index in [-0.39, 0.29) is 0 Å². The van der Waals surface area contributed by atoms with Crippen LogP contribution in [0, 0.1) is 5.41 Å². The molecule has 0 aliphatic heterocycles. The van der Waals surface area contributed by atoms with Crippen molar-refractivity contribution in [1.29, 1.82) is 0 Å². The summed E-state index contributed by atoms with van der Waals surface area (Å²) in [7, 11) is 0. The molecule has 1 unspecified atom stereocenters. The van der Waals surface area contributed by atoms with Gasteiger partial charge in [-0.15, -0.1) is 0 Å². The average molecular weight is 158 g/mol. The molecule has 3 nitrogen and oxygen atoms in total. The van der Waals surface area contributed by atoms with Crippen molar-refractivity contribution in [3.8, 4) is 0 Å². The molecule has 0 aromatic heterocycles. The Bertz CT molecular complexity index is 153. The molecule has 0 bridgehead atoms. The molecular formula is C8H14O3. The fourth-order valence-electron chi connectivity index (χ4n) is 0.572. The number of ether oxygens (including phenoxy) is 1. The highest BCUT2D eigenvalue weighted by Gasteiger charge is 2.32. The zero-order valence-electron chi connectivity index (χ0n) is 7.22. The quantitative estimate of drug-likeness (QED) is 0.350. The molecule has 0 spiro atoms. The van der Waals surface area contributed by atoms with Gasteiger partial charge in [0.2, 0.25) is 0 Å². The second-order valence-corrected chi connectivity index (χ2v) is 2.61. The van der Waals surface area contributed by atoms with Gasteiger partial charge in [-0.25, -0.2) is 0 Å². The third-order valence-corrected chi connectivity index (χ3v) is 1.74. The molecular weight excluding hydrogens is 144 g/mol. The Hall–Kier alpha value is -0.860. The van der Waals surface area contributed by atoms with E-state index in [2.05, 4.69) is 0 Å². The summed E-state index contributed by atoms with van der Waals surface area (Å²) in [6, 6.07) is 0. The maximum absolute atomic E-state index is 11.1. The van der Waals surface area contributed by atoms with Crippen LogP contribution in [-0.2, 0) is 14.3 Å². The second kappa shape index (κ2) is 4.11. The van der Waals surface area contributed by atoms with E-state index in [1.807, 2.05) is 0 Å². The number of esters is 1. The van der Waals surface area contributed by atoms with Crippen molar-refractivity contribution in [3.63, 3.8) is 0 Å². The van der Waals surface area contributed by atoms with Gasteiger partial charge in [0.05, 0.1) is 6.61 Å². The van der Waals surface area contributed by atoms with E-state index in [0.29, 0.717) is 19.3 Å². The summed E-state index contributed by atoms with van der Waals surface area (Å²) in [5, 5.41) is 0. The van der Waals surface area contributed by atoms with Crippen LogP contribution in [0.5, 0.6) is 0 Å². The fourth-order valence-corrected chi connectivity index (χ4v) is 0.572. The Kier molecular flexibility index (Phi) is 3.79. The lowest BCUT2D eigenvalue weighted by molar-refractivity contribution is -0.156. The molecule has 0 fully saturated rings. The zero-order chi connectivity index (χ0) is 8.91. The molecule has 0 radical (unpaired) electrons. The largest absolute Gasteiger partial charge is 0.465 e. The summed E-state index contributed by atoms with van der Waals surface area (Å²) in [5.41, 5.74) is -0.948. The first kappa shape index (κ1) is 10.1. The summed E-state index contributed by atoms with van der Waals surface area (Å²) in [5.74, 6) is -0.433. The standard InChI is InChI=1S/C8H14O3/c1-4-8(3,6-9)7(10)11-5-2/h6H,4-5H2,1-3H3. The third-order valence-electron chi connectivity index (χ3n) is 1.74. The number of hydrogen-bond acceptors (Lipinski definition) is 3. The van der Waals surface area contributed by atoms with E-state index in [4.69, 9.17) is 4.74 Å². The minimum atomic E-state index is -0.948. The molecule has 64 valence electrons. The van der Waals surface area contributed by atoms with Crippen LogP contribution in [0.2, 0.25) is 0 Å². The van der Waals surface area contributed by atoms with Gasteiger partial charge in [0.15, 0.2) is 0 Å². The van der Waals surface area contributed by atoms with Crippen molar-refractivity contribution >= 4 is 12.3 Å². The molecule has 1 atom stereocenters. The van der Waals surface area contributed by atoms with Crippen molar-refractivity contribution in [2.24, 2.45) is 5.41 Å². The van der Waals surface area contributed by atoms with Crippen molar-refractivity contribution in [2.45, 2.75) is 27.2 Å². The SMILES string of the molecule is CCOC(=O)C(C)(C=O)CC. The van der Waals surface area contributed by atoms with Gasteiger partial charge in [-0.05, 0) is 20.3 Å². The number of carbonyl (C=O) groups is 2. The first-order valence-corrected chi connectivity index (χ1v) is 3.74. The summed E-state index contributed by atoms with van der Waals surface area (Å²) in [6.07, 6.45) is 1.13. The molecule has 0 saturated carbocycles. The first-order chi connectivity index (χ1) is 5.10. The lowest BCUT2D eigenvalue weighted by Gasteiger charge is -2.17. The number of aldehydes is 1. The maximum atomic E-state index is 11.1. The highest BCUT2D eigenvalue weighted by molar-refractivity contribution is 5.92. The lowest BCUT2D eigenvalue weighted by Crippen LogP contribution is -2.30. The van der Waals surface area contributed by atoms with Crippen molar-refractivity contribution in [3.05, 3.63) is 0 Å². The van der Waals surface area contributed by atoms with E-state index >= 15 is 0 Å². The van der Waals surface area contributed by atoms with Crippen LogP contribution in [0.15, 0.2) is 0 Å². The van der Waals surface area contributed by atoms with E-state index in [0.717, 1.165) is 0 Å². The lowest BCUT2D eigenvalue weighted by atomic mass is 9.90. The van der Waals surface area contributed by atoms with Gasteiger partial charge in [-0.2, -0.15) is 0 Å². The van der Waals surface area contributed by atoms with E-state index in [9.17, 15) is 9.59 Å². The molecule has 0 aliphatic carbocycles. The smallest absolute Gasteiger partial charge is 0.319 e. The van der Waals surface area contributed by atoms with E-state index in [1.54, 1.807) is 20.8 Å². The van der Waals surface area contributed by atoms with Gasteiger partial charge in [0, 0.05) is 0 Å². The van der Waals surface area contributed by atoms with Gasteiger partial charge < -0.3 is 9.53 Å². The number of carbonyl (C=O) groups excluding carboxylic acids is 2. The molecule has 0 aromatic rings. The minimum absolute atomic E-state index is 0.322. The van der Waals surface area contributed by atoms with Crippen LogP contribution in [0.25, 0.3) is 0 Å². The zero-order valence-corrected chi connectivity index (χ0v) is 7.22. The predicted molar refractivity (Wildman–Crippen MR) is 41.1 cm³/mol. The number of hydrogen-bond donors (Lipinski definition) is 0. The average Bonchev–Trinajstić information content (AvgIpc) is 2.03. The minimum Gasteiger partial charge on any atom is -0.465 e. The van der Waals surface area contributed by atoms with Gasteiger partial charge in [-0.3, -0.25) is 4.79 Å². The highest BCUT2D eigenvalue weighted by Crippen LogP contribution is 2.19. The fraction of sp³-hybridized carbons (Fsp3) is 0.750. The molecule has 0 aromatic carbocycles. The molecule has 0 saturated heterocycles. The molecule has 0 N–H and O–H groups in total. The molecule has 3 heteroatoms. The maximum Gasteiger partial charge on any atom is 0.319 e. The summed E-state index contributed by atoms with van der Waals surface area (Å²) in [4.78, 5) is 21.5. The number of rotatable bonds is 4. The van der Waals surface area contributed by atoms with Crippen LogP contribution < -0.4 is 0 Å². The van der Waals surface area contributed by atoms with Crippen LogP contribution in [-0.4, -0.2) is 18.9 Å². The van der Waals surface area contributed by atoms with Gasteiger partial charge >= 0.3 is 5.97 Å². The van der Waals surface area contributed by atoms with Crippen LogP contribution in [0.1, 0.15) is 27.2 Å². The highest BCUT2D eigenvalue weighted by atomic mass is 16.5. The first-order valence-electron chi connectivity index (χ1n) is 3.74. The van der Waals surface area contributed by atoms with Crippen molar-refractivity contribution in [1.82, 2.24) is 0 Å². The Morgan fingerprint density at radius 2 is 2.09 bits per heavy atom. The Labute approximate surface area is 66.7 Å².